The Bertz CT molecular complexity index is 493. The number of nitrogens with two attached hydrogens (primary N) is 1. The summed E-state index contributed by atoms with van der Waals surface area (Å²) in [5, 5.41) is 9.54. The molecule has 0 amide bonds. The van der Waals surface area contributed by atoms with Crippen LogP contribution in [0.4, 0.5) is 0 Å². The minimum atomic E-state index is -0.884. The van der Waals surface area contributed by atoms with Gasteiger partial charge in [0.15, 0.2) is 0 Å². The van der Waals surface area contributed by atoms with E-state index in [2.05, 4.69) is 31.7 Å². The lowest BCUT2D eigenvalue weighted by Gasteiger charge is -2.42. The van der Waals surface area contributed by atoms with Crippen molar-refractivity contribution < 1.29 is 0 Å². The first-order valence-corrected chi connectivity index (χ1v) is 7.96. The van der Waals surface area contributed by atoms with Gasteiger partial charge < -0.3 is 10.6 Å². The molecule has 1 saturated heterocycles. The molecule has 3 heteroatoms. The van der Waals surface area contributed by atoms with Crippen molar-refractivity contribution in [1.82, 2.24) is 4.90 Å². The van der Waals surface area contributed by atoms with Crippen molar-refractivity contribution in [3.8, 4) is 6.07 Å². The standard InChI is InChI=1S/C18H27N3/c1-14-11-15(2)16(3)21(12-14)10-9-18(20,13-19)17-7-5-4-6-8-17/h4-8,14-16H,9-12,20H2,1-3H3. The minimum Gasteiger partial charge on any atom is -0.310 e. The summed E-state index contributed by atoms with van der Waals surface area (Å²) in [5.74, 6) is 1.43. The molecule has 114 valence electrons. The van der Waals surface area contributed by atoms with Gasteiger partial charge in [-0.15, -0.1) is 0 Å². The summed E-state index contributed by atoms with van der Waals surface area (Å²) in [6.45, 7) is 8.93. The van der Waals surface area contributed by atoms with E-state index in [-0.39, 0.29) is 0 Å². The molecule has 2 rings (SSSR count). The van der Waals surface area contributed by atoms with Gasteiger partial charge in [-0.2, -0.15) is 5.26 Å². The fourth-order valence-corrected chi connectivity index (χ4v) is 3.45. The van der Waals surface area contributed by atoms with Gasteiger partial charge in [0, 0.05) is 19.1 Å². The third kappa shape index (κ3) is 3.64. The molecule has 1 aromatic rings. The van der Waals surface area contributed by atoms with Crippen LogP contribution in [-0.2, 0) is 5.54 Å². The molecule has 0 radical (unpaired) electrons. The Balaban J connectivity index is 2.05. The summed E-state index contributed by atoms with van der Waals surface area (Å²) in [5.41, 5.74) is 6.39. The fraction of sp³-hybridized carbons (Fsp3) is 0.611. The molecule has 4 atom stereocenters. The molecule has 21 heavy (non-hydrogen) atoms. The summed E-state index contributed by atoms with van der Waals surface area (Å²) in [7, 11) is 0. The number of likely N-dealkylation sites (tertiary alicyclic amines) is 1. The number of hydrogen-bond donors (Lipinski definition) is 1. The highest BCUT2D eigenvalue weighted by Gasteiger charge is 2.32. The third-order valence-corrected chi connectivity index (χ3v) is 5.00. The Morgan fingerprint density at radius 1 is 1.29 bits per heavy atom. The summed E-state index contributed by atoms with van der Waals surface area (Å²) in [6, 6.07) is 12.6. The number of hydrogen-bond acceptors (Lipinski definition) is 3. The second-order valence-electron chi connectivity index (χ2n) is 6.75. The molecular formula is C18H27N3. The van der Waals surface area contributed by atoms with E-state index in [0.717, 1.165) is 24.6 Å². The van der Waals surface area contributed by atoms with E-state index in [4.69, 9.17) is 5.73 Å². The number of piperidine rings is 1. The Kier molecular flexibility index (Phi) is 5.03. The highest BCUT2D eigenvalue weighted by atomic mass is 15.2. The SMILES string of the molecule is CC1CC(C)C(C)N(CCC(N)(C#N)c2ccccc2)C1. The summed E-state index contributed by atoms with van der Waals surface area (Å²) >= 11 is 0. The van der Waals surface area contributed by atoms with Crippen molar-refractivity contribution >= 4 is 0 Å². The maximum Gasteiger partial charge on any atom is 0.131 e. The number of rotatable bonds is 4. The zero-order chi connectivity index (χ0) is 15.5. The van der Waals surface area contributed by atoms with Gasteiger partial charge in [0.05, 0.1) is 6.07 Å². The van der Waals surface area contributed by atoms with Crippen LogP contribution in [0.1, 0.15) is 39.2 Å². The summed E-state index contributed by atoms with van der Waals surface area (Å²) < 4.78 is 0. The first-order chi connectivity index (χ1) is 9.96. The van der Waals surface area contributed by atoms with Crippen molar-refractivity contribution in [1.29, 1.82) is 5.26 Å². The van der Waals surface area contributed by atoms with Gasteiger partial charge >= 0.3 is 0 Å². The molecule has 4 unspecified atom stereocenters. The molecular weight excluding hydrogens is 258 g/mol. The van der Waals surface area contributed by atoms with E-state index in [9.17, 15) is 5.26 Å². The van der Waals surface area contributed by atoms with Crippen LogP contribution in [0.15, 0.2) is 30.3 Å². The van der Waals surface area contributed by atoms with E-state index in [1.165, 1.54) is 6.42 Å². The predicted octanol–water partition coefficient (Wildman–Crippen LogP) is 3.12. The topological polar surface area (TPSA) is 53.0 Å². The van der Waals surface area contributed by atoms with Crippen LogP contribution < -0.4 is 5.73 Å². The molecule has 1 fully saturated rings. The van der Waals surface area contributed by atoms with E-state index in [1.807, 2.05) is 30.3 Å². The zero-order valence-corrected chi connectivity index (χ0v) is 13.4. The average Bonchev–Trinajstić information content (AvgIpc) is 2.50. The van der Waals surface area contributed by atoms with Crippen LogP contribution in [0, 0.1) is 23.2 Å². The van der Waals surface area contributed by atoms with Gasteiger partial charge in [-0.3, -0.25) is 0 Å². The largest absolute Gasteiger partial charge is 0.310 e. The van der Waals surface area contributed by atoms with Crippen molar-refractivity contribution in [2.75, 3.05) is 13.1 Å². The minimum absolute atomic E-state index is 0.569. The maximum absolute atomic E-state index is 9.54. The summed E-state index contributed by atoms with van der Waals surface area (Å²) in [6.07, 6.45) is 1.97. The monoisotopic (exact) mass is 285 g/mol. The van der Waals surface area contributed by atoms with Crippen LogP contribution in [0.5, 0.6) is 0 Å². The van der Waals surface area contributed by atoms with E-state index >= 15 is 0 Å². The van der Waals surface area contributed by atoms with Crippen LogP contribution in [0.25, 0.3) is 0 Å². The highest BCUT2D eigenvalue weighted by molar-refractivity contribution is 5.30. The molecule has 1 heterocycles. The summed E-state index contributed by atoms with van der Waals surface area (Å²) in [4.78, 5) is 2.50. The molecule has 3 nitrogen and oxygen atoms in total. The van der Waals surface area contributed by atoms with E-state index in [0.29, 0.717) is 18.4 Å². The third-order valence-electron chi connectivity index (χ3n) is 5.00. The first-order valence-electron chi connectivity index (χ1n) is 7.96. The molecule has 1 aliphatic heterocycles. The molecule has 0 saturated carbocycles. The van der Waals surface area contributed by atoms with Crippen LogP contribution in [0.3, 0.4) is 0 Å². The number of benzene rings is 1. The molecule has 2 N–H and O–H groups in total. The van der Waals surface area contributed by atoms with Crippen LogP contribution in [-0.4, -0.2) is 24.0 Å². The fourth-order valence-electron chi connectivity index (χ4n) is 3.45. The quantitative estimate of drug-likeness (QED) is 0.924. The van der Waals surface area contributed by atoms with Crippen molar-refractivity contribution in [3.05, 3.63) is 35.9 Å². The lowest BCUT2D eigenvalue weighted by atomic mass is 9.84. The lowest BCUT2D eigenvalue weighted by Crippen LogP contribution is -2.48. The van der Waals surface area contributed by atoms with Gasteiger partial charge in [0.1, 0.15) is 5.54 Å². The highest BCUT2D eigenvalue weighted by Crippen LogP contribution is 2.29. The van der Waals surface area contributed by atoms with Gasteiger partial charge in [-0.05, 0) is 37.2 Å². The lowest BCUT2D eigenvalue weighted by molar-refractivity contribution is 0.0745. The molecule has 1 aromatic carbocycles. The van der Waals surface area contributed by atoms with E-state index in [1.54, 1.807) is 0 Å². The number of nitriles is 1. The molecule has 0 bridgehead atoms. The van der Waals surface area contributed by atoms with Gasteiger partial charge in [-0.25, -0.2) is 0 Å². The van der Waals surface area contributed by atoms with Crippen molar-refractivity contribution in [3.63, 3.8) is 0 Å². The first kappa shape index (κ1) is 16.0. The Morgan fingerprint density at radius 2 is 1.95 bits per heavy atom. The van der Waals surface area contributed by atoms with Crippen LogP contribution in [0.2, 0.25) is 0 Å². The zero-order valence-electron chi connectivity index (χ0n) is 13.4. The van der Waals surface area contributed by atoms with Gasteiger partial charge in [-0.1, -0.05) is 44.2 Å². The molecule has 0 aliphatic carbocycles. The van der Waals surface area contributed by atoms with E-state index < -0.39 is 5.54 Å². The normalized spacial score (nSPS) is 29.6. The Labute approximate surface area is 128 Å². The Hall–Kier alpha value is -1.37. The van der Waals surface area contributed by atoms with Gasteiger partial charge in [0.25, 0.3) is 0 Å². The molecule has 0 aromatic heterocycles. The van der Waals surface area contributed by atoms with Crippen molar-refractivity contribution in [2.45, 2.75) is 45.2 Å². The predicted molar refractivity (Wildman–Crippen MR) is 86.5 cm³/mol. The van der Waals surface area contributed by atoms with Gasteiger partial charge in [0.2, 0.25) is 0 Å². The number of nitrogens with zero attached hydrogens (tertiary/aromatic N) is 2. The second kappa shape index (κ2) is 6.60. The molecule has 0 spiro atoms. The maximum atomic E-state index is 9.54. The smallest absolute Gasteiger partial charge is 0.131 e. The van der Waals surface area contributed by atoms with Crippen LogP contribution >= 0.6 is 0 Å². The average molecular weight is 285 g/mol. The second-order valence-corrected chi connectivity index (χ2v) is 6.75. The van der Waals surface area contributed by atoms with Crippen molar-refractivity contribution in [2.24, 2.45) is 17.6 Å². The Morgan fingerprint density at radius 3 is 2.57 bits per heavy atom. The molecule has 1 aliphatic rings.